The van der Waals surface area contributed by atoms with Gasteiger partial charge in [-0.1, -0.05) is 59.6 Å². The van der Waals surface area contributed by atoms with Gasteiger partial charge >= 0.3 is 5.97 Å². The van der Waals surface area contributed by atoms with Crippen LogP contribution in [-0.2, 0) is 11.2 Å². The van der Waals surface area contributed by atoms with Crippen LogP contribution >= 0.6 is 23.2 Å². The van der Waals surface area contributed by atoms with Gasteiger partial charge in [0.25, 0.3) is 0 Å². The first-order chi connectivity index (χ1) is 9.16. The van der Waals surface area contributed by atoms with Crippen LogP contribution in [0.1, 0.15) is 12.0 Å². The number of carbonyl (C=O) groups is 1. The number of ether oxygens (including phenoxy) is 1. The molecule has 98 valence electrons. The lowest BCUT2D eigenvalue weighted by Crippen LogP contribution is -2.09. The van der Waals surface area contributed by atoms with Crippen molar-refractivity contribution in [3.63, 3.8) is 0 Å². The summed E-state index contributed by atoms with van der Waals surface area (Å²) in [6.07, 6.45) is 0.935. The SMILES string of the molecule is O=C(CCc1ccccc1)Oc1cccc(Cl)c1Cl. The molecule has 0 atom stereocenters. The Kier molecular flexibility index (Phi) is 4.83. The number of esters is 1. The molecule has 0 aromatic heterocycles. The average Bonchev–Trinajstić information content (AvgIpc) is 2.43. The monoisotopic (exact) mass is 294 g/mol. The molecule has 2 aromatic rings. The van der Waals surface area contributed by atoms with E-state index < -0.39 is 0 Å². The summed E-state index contributed by atoms with van der Waals surface area (Å²) in [5.74, 6) is -0.0275. The first-order valence-corrected chi connectivity index (χ1v) is 6.61. The van der Waals surface area contributed by atoms with Crippen LogP contribution in [0.15, 0.2) is 48.5 Å². The predicted molar refractivity (Wildman–Crippen MR) is 76.9 cm³/mol. The molecule has 0 aliphatic carbocycles. The number of benzene rings is 2. The van der Waals surface area contributed by atoms with E-state index in [4.69, 9.17) is 27.9 Å². The fourth-order valence-corrected chi connectivity index (χ4v) is 1.96. The second-order valence-electron chi connectivity index (χ2n) is 4.01. The fraction of sp³-hybridized carbons (Fsp3) is 0.133. The molecular formula is C15H12Cl2O2. The van der Waals surface area contributed by atoms with Crippen LogP contribution < -0.4 is 4.74 Å². The van der Waals surface area contributed by atoms with Crippen LogP contribution in [0.4, 0.5) is 0 Å². The second kappa shape index (κ2) is 6.60. The van der Waals surface area contributed by atoms with Gasteiger partial charge in [-0.2, -0.15) is 0 Å². The van der Waals surface area contributed by atoms with Crippen molar-refractivity contribution < 1.29 is 9.53 Å². The van der Waals surface area contributed by atoms with Gasteiger partial charge in [-0.05, 0) is 24.1 Å². The van der Waals surface area contributed by atoms with Crippen LogP contribution in [-0.4, -0.2) is 5.97 Å². The molecule has 2 aromatic carbocycles. The van der Waals surface area contributed by atoms with Crippen molar-refractivity contribution in [3.8, 4) is 5.75 Å². The number of hydrogen-bond donors (Lipinski definition) is 0. The maximum atomic E-state index is 11.7. The molecular weight excluding hydrogens is 283 g/mol. The third kappa shape index (κ3) is 3.98. The minimum atomic E-state index is -0.326. The summed E-state index contributed by atoms with van der Waals surface area (Å²) >= 11 is 11.8. The average molecular weight is 295 g/mol. The van der Waals surface area contributed by atoms with E-state index in [1.54, 1.807) is 18.2 Å². The summed E-state index contributed by atoms with van der Waals surface area (Å²) in [4.78, 5) is 11.7. The van der Waals surface area contributed by atoms with Crippen LogP contribution in [0.2, 0.25) is 10.0 Å². The topological polar surface area (TPSA) is 26.3 Å². The Morgan fingerprint density at radius 3 is 2.47 bits per heavy atom. The second-order valence-corrected chi connectivity index (χ2v) is 4.80. The summed E-state index contributed by atoms with van der Waals surface area (Å²) in [5, 5.41) is 0.632. The molecule has 0 fully saturated rings. The van der Waals surface area contributed by atoms with E-state index in [1.165, 1.54) is 0 Å². The molecule has 0 unspecified atom stereocenters. The van der Waals surface area contributed by atoms with Crippen molar-refractivity contribution >= 4 is 29.2 Å². The van der Waals surface area contributed by atoms with Gasteiger partial charge in [-0.25, -0.2) is 0 Å². The normalized spacial score (nSPS) is 10.2. The number of rotatable bonds is 4. The Morgan fingerprint density at radius 1 is 1.00 bits per heavy atom. The highest BCUT2D eigenvalue weighted by atomic mass is 35.5. The lowest BCUT2D eigenvalue weighted by atomic mass is 10.1. The Morgan fingerprint density at radius 2 is 1.74 bits per heavy atom. The number of halogens is 2. The van der Waals surface area contributed by atoms with E-state index in [2.05, 4.69) is 0 Å². The minimum absolute atomic E-state index is 0.261. The molecule has 0 aliphatic heterocycles. The van der Waals surface area contributed by atoms with Crippen LogP contribution in [0.5, 0.6) is 5.75 Å². The summed E-state index contributed by atoms with van der Waals surface area (Å²) in [7, 11) is 0. The van der Waals surface area contributed by atoms with E-state index in [-0.39, 0.29) is 11.0 Å². The quantitative estimate of drug-likeness (QED) is 0.612. The Bertz CT molecular complexity index is 568. The lowest BCUT2D eigenvalue weighted by Gasteiger charge is -2.07. The molecule has 0 saturated carbocycles. The molecule has 0 bridgehead atoms. The third-order valence-electron chi connectivity index (χ3n) is 2.60. The Balaban J connectivity index is 1.93. The zero-order chi connectivity index (χ0) is 13.7. The summed E-state index contributed by atoms with van der Waals surface area (Å²) in [6, 6.07) is 14.7. The minimum Gasteiger partial charge on any atom is -0.425 e. The van der Waals surface area contributed by atoms with Crippen LogP contribution in [0, 0.1) is 0 Å². The first-order valence-electron chi connectivity index (χ1n) is 5.85. The molecule has 0 spiro atoms. The lowest BCUT2D eigenvalue weighted by molar-refractivity contribution is -0.134. The van der Waals surface area contributed by atoms with Gasteiger partial charge in [-0.3, -0.25) is 4.79 Å². The van der Waals surface area contributed by atoms with Crippen molar-refractivity contribution in [1.29, 1.82) is 0 Å². The summed E-state index contributed by atoms with van der Waals surface area (Å²) < 4.78 is 5.19. The van der Waals surface area contributed by atoms with Crippen molar-refractivity contribution in [1.82, 2.24) is 0 Å². The molecule has 19 heavy (non-hydrogen) atoms. The molecule has 0 saturated heterocycles. The molecule has 4 heteroatoms. The summed E-state index contributed by atoms with van der Waals surface area (Å²) in [5.41, 5.74) is 1.09. The van der Waals surface area contributed by atoms with Crippen LogP contribution in [0.3, 0.4) is 0 Å². The zero-order valence-corrected chi connectivity index (χ0v) is 11.6. The van der Waals surface area contributed by atoms with Gasteiger partial charge in [0.1, 0.15) is 5.02 Å². The van der Waals surface area contributed by atoms with E-state index >= 15 is 0 Å². The van der Waals surface area contributed by atoms with Crippen molar-refractivity contribution in [2.45, 2.75) is 12.8 Å². The highest BCUT2D eigenvalue weighted by Gasteiger charge is 2.10. The highest BCUT2D eigenvalue weighted by Crippen LogP contribution is 2.31. The van der Waals surface area contributed by atoms with Crippen LogP contribution in [0.25, 0.3) is 0 Å². The van der Waals surface area contributed by atoms with Gasteiger partial charge in [0.2, 0.25) is 0 Å². The number of aryl methyl sites for hydroxylation is 1. The largest absolute Gasteiger partial charge is 0.425 e. The first kappa shape index (κ1) is 13.9. The third-order valence-corrected chi connectivity index (χ3v) is 3.40. The van der Waals surface area contributed by atoms with Crippen molar-refractivity contribution in [3.05, 3.63) is 64.1 Å². The maximum Gasteiger partial charge on any atom is 0.311 e. The van der Waals surface area contributed by atoms with E-state index in [9.17, 15) is 4.79 Å². The van der Waals surface area contributed by atoms with Crippen molar-refractivity contribution in [2.75, 3.05) is 0 Å². The van der Waals surface area contributed by atoms with Gasteiger partial charge in [0, 0.05) is 6.42 Å². The molecule has 0 heterocycles. The Labute approximate surface area is 121 Å². The molecule has 2 rings (SSSR count). The van der Waals surface area contributed by atoms with Gasteiger partial charge in [0.15, 0.2) is 5.75 Å². The number of hydrogen-bond acceptors (Lipinski definition) is 2. The molecule has 0 radical (unpaired) electrons. The predicted octanol–water partition coefficient (Wildman–Crippen LogP) is 4.53. The van der Waals surface area contributed by atoms with Gasteiger partial charge < -0.3 is 4.74 Å². The Hall–Kier alpha value is -1.51. The molecule has 2 nitrogen and oxygen atoms in total. The molecule has 0 amide bonds. The number of carbonyl (C=O) groups excluding carboxylic acids is 1. The van der Waals surface area contributed by atoms with Gasteiger partial charge in [0.05, 0.1) is 5.02 Å². The smallest absolute Gasteiger partial charge is 0.311 e. The van der Waals surface area contributed by atoms with Gasteiger partial charge in [-0.15, -0.1) is 0 Å². The highest BCUT2D eigenvalue weighted by molar-refractivity contribution is 6.43. The summed E-state index contributed by atoms with van der Waals surface area (Å²) in [6.45, 7) is 0. The maximum absolute atomic E-state index is 11.7. The van der Waals surface area contributed by atoms with E-state index in [0.29, 0.717) is 23.6 Å². The van der Waals surface area contributed by atoms with E-state index in [0.717, 1.165) is 5.56 Å². The molecule has 0 aliphatic rings. The van der Waals surface area contributed by atoms with E-state index in [1.807, 2.05) is 30.3 Å². The van der Waals surface area contributed by atoms with Crippen molar-refractivity contribution in [2.24, 2.45) is 0 Å². The zero-order valence-electron chi connectivity index (χ0n) is 10.1. The standard InChI is InChI=1S/C15H12Cl2O2/c16-12-7-4-8-13(15(12)17)19-14(18)10-9-11-5-2-1-3-6-11/h1-8H,9-10H2. The molecule has 0 N–H and O–H groups in total. The fourth-order valence-electron chi connectivity index (χ4n) is 1.63.